The average Bonchev–Trinajstić information content (AvgIpc) is 2.16. The van der Waals surface area contributed by atoms with E-state index < -0.39 is 0 Å². The first kappa shape index (κ1) is 9.86. The second-order valence-electron chi connectivity index (χ2n) is 6.81. The van der Waals surface area contributed by atoms with Gasteiger partial charge in [0.2, 0.25) is 0 Å². The van der Waals surface area contributed by atoms with Gasteiger partial charge in [0.25, 0.3) is 0 Å². The summed E-state index contributed by atoms with van der Waals surface area (Å²) in [4.78, 5) is 12.3. The second-order valence-corrected chi connectivity index (χ2v) is 6.81. The van der Waals surface area contributed by atoms with Gasteiger partial charge in [0.05, 0.1) is 0 Å². The molecule has 0 radical (unpaired) electrons. The van der Waals surface area contributed by atoms with Crippen LogP contribution in [0.15, 0.2) is 0 Å². The fourth-order valence-electron chi connectivity index (χ4n) is 4.65. The molecule has 0 N–H and O–H groups in total. The maximum absolute atomic E-state index is 12.3. The molecule has 4 rings (SSSR count). The zero-order chi connectivity index (χ0) is 10.8. The van der Waals surface area contributed by atoms with Crippen molar-refractivity contribution < 1.29 is 4.79 Å². The van der Waals surface area contributed by atoms with Gasteiger partial charge in [0.1, 0.15) is 5.78 Å². The average molecular weight is 206 g/mol. The van der Waals surface area contributed by atoms with Gasteiger partial charge in [-0.25, -0.2) is 0 Å². The van der Waals surface area contributed by atoms with Crippen LogP contribution in [0.3, 0.4) is 0 Å². The van der Waals surface area contributed by atoms with Gasteiger partial charge in [-0.15, -0.1) is 0 Å². The molecule has 84 valence electrons. The van der Waals surface area contributed by atoms with E-state index >= 15 is 0 Å². The molecule has 2 bridgehead atoms. The number of carbonyl (C=O) groups is 1. The summed E-state index contributed by atoms with van der Waals surface area (Å²) in [6.45, 7) is 7.00. The van der Waals surface area contributed by atoms with Crippen LogP contribution in [0.25, 0.3) is 0 Å². The first-order chi connectivity index (χ1) is 7.01. The Kier molecular flexibility index (Phi) is 1.88. The molecule has 0 spiro atoms. The van der Waals surface area contributed by atoms with Crippen LogP contribution in [0.4, 0.5) is 0 Å². The smallest absolute Gasteiger partial charge is 0.139 e. The number of carbonyl (C=O) groups excluding carboxylic acids is 1. The van der Waals surface area contributed by atoms with E-state index in [9.17, 15) is 4.79 Å². The summed E-state index contributed by atoms with van der Waals surface area (Å²) < 4.78 is 0. The zero-order valence-electron chi connectivity index (χ0n) is 10.1. The summed E-state index contributed by atoms with van der Waals surface area (Å²) in [7, 11) is 0. The summed E-state index contributed by atoms with van der Waals surface area (Å²) in [6.07, 6.45) is 5.00. The quantitative estimate of drug-likeness (QED) is 0.594. The lowest BCUT2D eigenvalue weighted by molar-refractivity contribution is -0.175. The fraction of sp³-hybridized carbons (Fsp3) is 0.929. The zero-order valence-corrected chi connectivity index (χ0v) is 10.1. The summed E-state index contributed by atoms with van der Waals surface area (Å²) in [5, 5.41) is 0. The predicted molar refractivity (Wildman–Crippen MR) is 60.4 cm³/mol. The Morgan fingerprint density at radius 3 is 2.60 bits per heavy atom. The minimum Gasteiger partial charge on any atom is -0.299 e. The number of hydrogen-bond acceptors (Lipinski definition) is 1. The van der Waals surface area contributed by atoms with Crippen LogP contribution in [-0.2, 0) is 4.79 Å². The van der Waals surface area contributed by atoms with E-state index in [1.54, 1.807) is 0 Å². The Morgan fingerprint density at radius 1 is 1.20 bits per heavy atom. The maximum atomic E-state index is 12.3. The molecular formula is C14H22O. The molecule has 5 atom stereocenters. The molecule has 0 aromatic heterocycles. The Labute approximate surface area is 92.6 Å². The van der Waals surface area contributed by atoms with Gasteiger partial charge < -0.3 is 0 Å². The van der Waals surface area contributed by atoms with E-state index in [2.05, 4.69) is 20.8 Å². The van der Waals surface area contributed by atoms with Crippen molar-refractivity contribution in [2.75, 3.05) is 0 Å². The Balaban J connectivity index is 1.90. The van der Waals surface area contributed by atoms with Crippen molar-refractivity contribution in [2.24, 2.45) is 35.0 Å². The normalized spacial score (nSPS) is 51.9. The molecule has 1 heteroatoms. The van der Waals surface area contributed by atoms with E-state index in [-0.39, 0.29) is 0 Å². The van der Waals surface area contributed by atoms with Gasteiger partial charge in [-0.05, 0) is 42.4 Å². The van der Waals surface area contributed by atoms with E-state index in [1.165, 1.54) is 25.7 Å². The minimum absolute atomic E-state index is 0.329. The molecule has 0 heterocycles. The van der Waals surface area contributed by atoms with Crippen molar-refractivity contribution in [3.8, 4) is 0 Å². The molecule has 0 aromatic rings. The monoisotopic (exact) mass is 206 g/mol. The summed E-state index contributed by atoms with van der Waals surface area (Å²) in [6, 6.07) is 0. The molecule has 4 fully saturated rings. The van der Waals surface area contributed by atoms with Crippen molar-refractivity contribution in [1.82, 2.24) is 0 Å². The molecule has 4 aliphatic rings. The Hall–Kier alpha value is -0.330. The van der Waals surface area contributed by atoms with Crippen LogP contribution in [0.1, 0.15) is 46.5 Å². The fourth-order valence-corrected chi connectivity index (χ4v) is 4.65. The van der Waals surface area contributed by atoms with Crippen molar-refractivity contribution in [2.45, 2.75) is 46.5 Å². The lowest BCUT2D eigenvalue weighted by atomic mass is 9.40. The molecule has 1 nitrogen and oxygen atoms in total. The SMILES string of the molecule is C[C@H]1CC[C@H]2C(=O)[C@@H]3C[C@H]([C@@H]2C1)C3(C)C. The Bertz CT molecular complexity index is 304. The number of rotatable bonds is 0. The van der Waals surface area contributed by atoms with Crippen LogP contribution in [0.5, 0.6) is 0 Å². The van der Waals surface area contributed by atoms with Gasteiger partial charge in [-0.3, -0.25) is 4.79 Å². The topological polar surface area (TPSA) is 17.1 Å². The first-order valence-corrected chi connectivity index (χ1v) is 6.55. The highest BCUT2D eigenvalue weighted by molar-refractivity contribution is 5.87. The van der Waals surface area contributed by atoms with E-state index in [1.807, 2.05) is 0 Å². The van der Waals surface area contributed by atoms with E-state index in [4.69, 9.17) is 0 Å². The predicted octanol–water partition coefficient (Wildman–Crippen LogP) is 3.28. The molecule has 0 saturated heterocycles. The van der Waals surface area contributed by atoms with Gasteiger partial charge in [0, 0.05) is 11.8 Å². The highest BCUT2D eigenvalue weighted by Gasteiger charge is 2.62. The molecule has 15 heavy (non-hydrogen) atoms. The van der Waals surface area contributed by atoms with Crippen molar-refractivity contribution in [3.63, 3.8) is 0 Å². The van der Waals surface area contributed by atoms with Crippen LogP contribution < -0.4 is 0 Å². The van der Waals surface area contributed by atoms with Crippen molar-refractivity contribution in [1.29, 1.82) is 0 Å². The molecule has 0 aromatic carbocycles. The summed E-state index contributed by atoms with van der Waals surface area (Å²) >= 11 is 0. The van der Waals surface area contributed by atoms with Crippen LogP contribution in [-0.4, -0.2) is 5.78 Å². The third kappa shape index (κ3) is 1.13. The largest absolute Gasteiger partial charge is 0.299 e. The van der Waals surface area contributed by atoms with Gasteiger partial charge in [-0.2, -0.15) is 0 Å². The van der Waals surface area contributed by atoms with E-state index in [0.29, 0.717) is 23.0 Å². The first-order valence-electron chi connectivity index (χ1n) is 6.55. The third-order valence-corrected chi connectivity index (χ3v) is 5.73. The van der Waals surface area contributed by atoms with Gasteiger partial charge in [0.15, 0.2) is 0 Å². The highest BCUT2D eigenvalue weighted by Crippen LogP contribution is 2.64. The van der Waals surface area contributed by atoms with Crippen LogP contribution >= 0.6 is 0 Å². The Morgan fingerprint density at radius 2 is 1.93 bits per heavy atom. The lowest BCUT2D eigenvalue weighted by Crippen LogP contribution is -2.61. The van der Waals surface area contributed by atoms with Crippen LogP contribution in [0, 0.1) is 35.0 Å². The number of Topliss-reactive ketones (excluding diaryl/α,β-unsaturated/α-hetero) is 1. The lowest BCUT2D eigenvalue weighted by Gasteiger charge is -2.63. The van der Waals surface area contributed by atoms with E-state index in [0.717, 1.165) is 17.8 Å². The third-order valence-electron chi connectivity index (χ3n) is 5.73. The number of ketones is 1. The van der Waals surface area contributed by atoms with Crippen molar-refractivity contribution >= 4 is 5.78 Å². The van der Waals surface area contributed by atoms with Crippen molar-refractivity contribution in [3.05, 3.63) is 0 Å². The molecule has 0 unspecified atom stereocenters. The molecule has 0 amide bonds. The number of hydrogen-bond donors (Lipinski definition) is 0. The summed E-state index contributed by atoms with van der Waals surface area (Å²) in [5.41, 5.74) is 0.329. The standard InChI is InChI=1S/C14H22O/c1-8-4-5-9-10(6-8)11-7-12(13(9)15)14(11,2)3/h8-12H,4-7H2,1-3H3/t8-,9+,10+,11+,12-/m0/s1. The molecule has 0 aliphatic heterocycles. The molecular weight excluding hydrogens is 184 g/mol. The minimum atomic E-state index is 0.329. The maximum Gasteiger partial charge on any atom is 0.139 e. The summed E-state index contributed by atoms with van der Waals surface area (Å²) in [5.74, 6) is 3.94. The highest BCUT2D eigenvalue weighted by atomic mass is 16.1. The second kappa shape index (κ2) is 2.87. The van der Waals surface area contributed by atoms with Gasteiger partial charge >= 0.3 is 0 Å². The molecule has 4 aliphatic carbocycles. The van der Waals surface area contributed by atoms with Crippen LogP contribution in [0.2, 0.25) is 0 Å². The van der Waals surface area contributed by atoms with Gasteiger partial charge in [-0.1, -0.05) is 27.2 Å². The molecule has 4 saturated carbocycles.